The van der Waals surface area contributed by atoms with E-state index in [9.17, 15) is 9.90 Å². The summed E-state index contributed by atoms with van der Waals surface area (Å²) < 4.78 is 1.03. The zero-order valence-electron chi connectivity index (χ0n) is 19.8. The Bertz CT molecular complexity index is 1160. The van der Waals surface area contributed by atoms with Crippen molar-refractivity contribution < 1.29 is 9.90 Å². The summed E-state index contributed by atoms with van der Waals surface area (Å²) >= 11 is 4.87. The smallest absolute Gasteiger partial charge is 0.321 e. The summed E-state index contributed by atoms with van der Waals surface area (Å²) in [7, 11) is 0. The molecule has 2 heterocycles. The summed E-state index contributed by atoms with van der Waals surface area (Å²) in [6.07, 6.45) is -1.09. The van der Waals surface area contributed by atoms with Crippen LogP contribution in [0.25, 0.3) is 0 Å². The van der Waals surface area contributed by atoms with E-state index >= 15 is 0 Å². The lowest BCUT2D eigenvalue weighted by atomic mass is 9.82. The maximum atomic E-state index is 12.5. The molecule has 0 spiro atoms. The van der Waals surface area contributed by atoms with E-state index in [1.165, 1.54) is 11.3 Å². The number of halogens is 1. The Hall–Kier alpha value is -2.50. The molecule has 2 amide bonds. The van der Waals surface area contributed by atoms with Gasteiger partial charge in [-0.15, -0.1) is 11.3 Å². The van der Waals surface area contributed by atoms with Gasteiger partial charge in [-0.2, -0.15) is 0 Å². The van der Waals surface area contributed by atoms with E-state index in [1.807, 2.05) is 35.7 Å². The highest BCUT2D eigenvalue weighted by molar-refractivity contribution is 9.10. The fourth-order valence-electron chi connectivity index (χ4n) is 4.10. The second kappa shape index (κ2) is 11.0. The maximum absolute atomic E-state index is 12.5. The summed E-state index contributed by atoms with van der Waals surface area (Å²) in [6.45, 7) is 8.02. The van der Waals surface area contributed by atoms with Gasteiger partial charge in [0.25, 0.3) is 0 Å². The van der Waals surface area contributed by atoms with Crippen LogP contribution < -0.4 is 26.6 Å². The molecule has 0 radical (unpaired) electrons. The molecule has 0 bridgehead atoms. The first-order valence-electron chi connectivity index (χ1n) is 11.5. The molecule has 1 unspecified atom stereocenters. The van der Waals surface area contributed by atoms with Crippen LogP contribution in [0.4, 0.5) is 15.6 Å². The van der Waals surface area contributed by atoms with Crippen molar-refractivity contribution in [3.05, 3.63) is 74.7 Å². The van der Waals surface area contributed by atoms with Gasteiger partial charge in [-0.3, -0.25) is 5.32 Å². The minimum atomic E-state index is -1.09. The Kier molecular flexibility index (Phi) is 8.08. The van der Waals surface area contributed by atoms with Gasteiger partial charge in [0.15, 0.2) is 5.13 Å². The van der Waals surface area contributed by atoms with Gasteiger partial charge >= 0.3 is 6.03 Å². The van der Waals surface area contributed by atoms with E-state index in [-0.39, 0.29) is 11.4 Å². The second-order valence-electron chi connectivity index (χ2n) is 9.05. The third kappa shape index (κ3) is 6.20. The van der Waals surface area contributed by atoms with E-state index in [0.29, 0.717) is 17.2 Å². The van der Waals surface area contributed by atoms with Crippen molar-refractivity contribution in [2.75, 3.05) is 36.4 Å². The molecule has 8 nitrogen and oxygen atoms in total. The molecule has 35 heavy (non-hydrogen) atoms. The van der Waals surface area contributed by atoms with Crippen molar-refractivity contribution in [3.63, 3.8) is 0 Å². The van der Waals surface area contributed by atoms with Crippen LogP contribution in [0.3, 0.4) is 0 Å². The van der Waals surface area contributed by atoms with Gasteiger partial charge in [0, 0.05) is 59.2 Å². The molecule has 10 heteroatoms. The monoisotopic (exact) mass is 558 g/mol. The number of carbonyl (C=O) groups excluding carboxylic acids is 1. The van der Waals surface area contributed by atoms with E-state index < -0.39 is 6.23 Å². The summed E-state index contributed by atoms with van der Waals surface area (Å²) in [4.78, 5) is 19.4. The summed E-state index contributed by atoms with van der Waals surface area (Å²) in [5.74, 6) is 0. The standard InChI is InChI=1S/C25H31BrN6O2S/c1-25(2,17-4-6-18(26)7-5-17)21-15-35-24(30-21)31-23(34)29-14-16-3-8-20(19(13-16)22(27)33)32-11-9-28-10-12-32/h3-8,13,15,22,28,33H,9-12,14,27H2,1-2H3,(H2,29,30,31,34). The SMILES string of the molecule is CC(C)(c1ccc(Br)cc1)c1csc(NC(=O)NCc2ccc(N3CCNCC3)c(C(N)O)c2)n1. The van der Waals surface area contributed by atoms with Crippen LogP contribution in [0.5, 0.6) is 0 Å². The molecular weight excluding hydrogens is 528 g/mol. The van der Waals surface area contributed by atoms with Crippen molar-refractivity contribution in [1.82, 2.24) is 15.6 Å². The van der Waals surface area contributed by atoms with Gasteiger partial charge in [0.2, 0.25) is 0 Å². The number of hydrogen-bond acceptors (Lipinski definition) is 7. The Balaban J connectivity index is 1.37. The first-order valence-corrected chi connectivity index (χ1v) is 13.2. The van der Waals surface area contributed by atoms with Crippen LogP contribution in [-0.2, 0) is 12.0 Å². The minimum absolute atomic E-state index is 0.292. The molecular formula is C25H31BrN6O2S. The third-order valence-corrected chi connectivity index (χ3v) is 7.54. The number of benzene rings is 2. The van der Waals surface area contributed by atoms with Crippen molar-refractivity contribution in [1.29, 1.82) is 0 Å². The van der Waals surface area contributed by atoms with Gasteiger partial charge < -0.3 is 26.4 Å². The Morgan fingerprint density at radius 2 is 1.97 bits per heavy atom. The molecule has 186 valence electrons. The number of anilines is 2. The average molecular weight is 560 g/mol. The van der Waals surface area contributed by atoms with Crippen LogP contribution in [0.1, 0.15) is 42.5 Å². The lowest BCUT2D eigenvalue weighted by Gasteiger charge is -2.32. The van der Waals surface area contributed by atoms with Gasteiger partial charge in [0.05, 0.1) is 5.69 Å². The summed E-state index contributed by atoms with van der Waals surface area (Å²) in [6, 6.07) is 13.6. The van der Waals surface area contributed by atoms with Crippen molar-refractivity contribution in [2.45, 2.75) is 32.0 Å². The van der Waals surface area contributed by atoms with Gasteiger partial charge in [-0.25, -0.2) is 9.78 Å². The van der Waals surface area contributed by atoms with Crippen LogP contribution in [0.15, 0.2) is 52.3 Å². The number of piperazine rings is 1. The van der Waals surface area contributed by atoms with Crippen molar-refractivity contribution >= 4 is 44.1 Å². The van der Waals surface area contributed by atoms with E-state index in [1.54, 1.807) is 0 Å². The van der Waals surface area contributed by atoms with E-state index in [0.717, 1.165) is 53.2 Å². The lowest BCUT2D eigenvalue weighted by Crippen LogP contribution is -2.44. The van der Waals surface area contributed by atoms with Crippen molar-refractivity contribution in [3.8, 4) is 0 Å². The predicted octanol–water partition coefficient (Wildman–Crippen LogP) is 3.91. The maximum Gasteiger partial charge on any atom is 0.321 e. The highest BCUT2D eigenvalue weighted by atomic mass is 79.9. The number of thiazole rings is 1. The number of amides is 2. The quantitative estimate of drug-likeness (QED) is 0.281. The number of aliphatic hydroxyl groups excluding tert-OH is 1. The first kappa shape index (κ1) is 25.6. The van der Waals surface area contributed by atoms with Gasteiger partial charge in [-0.05, 0) is 35.4 Å². The van der Waals surface area contributed by atoms with Crippen LogP contribution in [0, 0.1) is 0 Å². The molecule has 2 aromatic carbocycles. The highest BCUT2D eigenvalue weighted by Crippen LogP contribution is 2.34. The van der Waals surface area contributed by atoms with Crippen molar-refractivity contribution in [2.24, 2.45) is 5.73 Å². The number of urea groups is 1. The Morgan fingerprint density at radius 3 is 2.66 bits per heavy atom. The number of aromatic nitrogens is 1. The minimum Gasteiger partial charge on any atom is -0.374 e. The summed E-state index contributed by atoms with van der Waals surface area (Å²) in [5, 5.41) is 21.6. The molecule has 6 N–H and O–H groups in total. The third-order valence-electron chi connectivity index (χ3n) is 6.25. The molecule has 3 aromatic rings. The Morgan fingerprint density at radius 1 is 1.26 bits per heavy atom. The van der Waals surface area contributed by atoms with Gasteiger partial charge in [0.1, 0.15) is 6.23 Å². The van der Waals surface area contributed by atoms with Gasteiger partial charge in [-0.1, -0.05) is 48.0 Å². The van der Waals surface area contributed by atoms with Crippen LogP contribution in [-0.4, -0.2) is 42.3 Å². The number of aliphatic hydroxyl groups is 1. The molecule has 1 aliphatic heterocycles. The van der Waals surface area contributed by atoms with E-state index in [4.69, 9.17) is 5.73 Å². The summed E-state index contributed by atoms with van der Waals surface area (Å²) in [5.41, 5.74) is 10.0. The zero-order valence-corrected chi connectivity index (χ0v) is 22.2. The number of rotatable bonds is 7. The largest absolute Gasteiger partial charge is 0.374 e. The molecule has 0 saturated carbocycles. The number of nitrogens with zero attached hydrogens (tertiary/aromatic N) is 2. The second-order valence-corrected chi connectivity index (χ2v) is 10.8. The van der Waals surface area contributed by atoms with E-state index in [2.05, 4.69) is 67.7 Å². The normalized spacial score (nSPS) is 15.1. The molecule has 0 aliphatic carbocycles. The fraction of sp³-hybridized carbons (Fsp3) is 0.360. The first-order chi connectivity index (χ1) is 16.7. The Labute approximate surface area is 218 Å². The number of carbonyl (C=O) groups is 1. The molecule has 1 aliphatic rings. The molecule has 1 fully saturated rings. The number of nitrogens with two attached hydrogens (primary N) is 1. The molecule has 4 rings (SSSR count). The van der Waals surface area contributed by atoms with Crippen LogP contribution in [0.2, 0.25) is 0 Å². The fourth-order valence-corrected chi connectivity index (χ4v) is 5.24. The number of nitrogens with one attached hydrogen (secondary N) is 3. The molecule has 1 saturated heterocycles. The highest BCUT2D eigenvalue weighted by Gasteiger charge is 2.26. The molecule has 1 aromatic heterocycles. The lowest BCUT2D eigenvalue weighted by molar-refractivity contribution is 0.186. The van der Waals surface area contributed by atoms with Crippen LogP contribution >= 0.6 is 27.3 Å². The number of hydrogen-bond donors (Lipinski definition) is 5. The zero-order chi connectivity index (χ0) is 25.0. The predicted molar refractivity (Wildman–Crippen MR) is 145 cm³/mol. The average Bonchev–Trinajstić information content (AvgIpc) is 3.33. The topological polar surface area (TPSA) is 116 Å². The molecule has 1 atom stereocenters.